The lowest BCUT2D eigenvalue weighted by atomic mass is 10.2. The molecule has 2 aromatic rings. The molecule has 0 aliphatic rings. The number of aryl methyl sites for hydroxylation is 1. The number of aromatic nitrogens is 3. The van der Waals surface area contributed by atoms with Gasteiger partial charge in [0.25, 0.3) is 0 Å². The molecule has 2 N–H and O–H groups in total. The number of pyridine rings is 1. The highest BCUT2D eigenvalue weighted by Gasteiger charge is 2.11. The molecule has 4 nitrogen and oxygen atoms in total. The standard InChI is InChI=1S/C11H12N4S/c1-7-8(2)15(6-14-7)9-4-3-5-13-10(9)11(12)16/h3-6H,1-2H3,(H2,12,16). The van der Waals surface area contributed by atoms with Gasteiger partial charge in [0.1, 0.15) is 10.7 Å². The van der Waals surface area contributed by atoms with Gasteiger partial charge in [-0.2, -0.15) is 0 Å². The Labute approximate surface area is 99.1 Å². The Morgan fingerprint density at radius 2 is 2.12 bits per heavy atom. The molecule has 16 heavy (non-hydrogen) atoms. The maximum absolute atomic E-state index is 5.64. The molecule has 2 heterocycles. The average molecular weight is 232 g/mol. The van der Waals surface area contributed by atoms with E-state index in [1.807, 2.05) is 30.5 Å². The van der Waals surface area contributed by atoms with Crippen LogP contribution in [0.4, 0.5) is 0 Å². The zero-order valence-electron chi connectivity index (χ0n) is 9.14. The first-order chi connectivity index (χ1) is 7.61. The molecule has 0 atom stereocenters. The predicted octanol–water partition coefficient (Wildman–Crippen LogP) is 1.52. The van der Waals surface area contributed by atoms with Crippen LogP contribution in [0.2, 0.25) is 0 Å². The lowest BCUT2D eigenvalue weighted by Crippen LogP contribution is -2.15. The summed E-state index contributed by atoms with van der Waals surface area (Å²) < 4.78 is 1.94. The van der Waals surface area contributed by atoms with E-state index < -0.39 is 0 Å². The van der Waals surface area contributed by atoms with E-state index in [2.05, 4.69) is 9.97 Å². The number of nitrogens with zero attached hydrogens (tertiary/aromatic N) is 3. The van der Waals surface area contributed by atoms with Crippen molar-refractivity contribution in [2.75, 3.05) is 0 Å². The van der Waals surface area contributed by atoms with Crippen LogP contribution in [0.5, 0.6) is 0 Å². The molecular formula is C11H12N4S. The van der Waals surface area contributed by atoms with Gasteiger partial charge in [0.15, 0.2) is 0 Å². The van der Waals surface area contributed by atoms with Crippen molar-refractivity contribution in [3.8, 4) is 5.69 Å². The van der Waals surface area contributed by atoms with E-state index in [0.717, 1.165) is 17.1 Å². The van der Waals surface area contributed by atoms with E-state index >= 15 is 0 Å². The minimum atomic E-state index is 0.293. The van der Waals surface area contributed by atoms with Gasteiger partial charge in [0.2, 0.25) is 0 Å². The minimum Gasteiger partial charge on any atom is -0.388 e. The molecule has 0 aliphatic heterocycles. The molecule has 2 aromatic heterocycles. The SMILES string of the molecule is Cc1ncn(-c2cccnc2C(N)=S)c1C. The summed E-state index contributed by atoms with van der Waals surface area (Å²) in [5, 5.41) is 0. The van der Waals surface area contributed by atoms with Crippen LogP contribution in [0.3, 0.4) is 0 Å². The number of thiocarbonyl (C=S) groups is 1. The third-order valence-electron chi connectivity index (χ3n) is 2.53. The van der Waals surface area contributed by atoms with Crippen LogP contribution in [0.25, 0.3) is 5.69 Å². The normalized spacial score (nSPS) is 10.4. The molecule has 0 unspecified atom stereocenters. The van der Waals surface area contributed by atoms with Crippen molar-refractivity contribution in [3.63, 3.8) is 0 Å². The summed E-state index contributed by atoms with van der Waals surface area (Å²) in [6, 6.07) is 3.78. The lowest BCUT2D eigenvalue weighted by Gasteiger charge is -2.09. The second-order valence-corrected chi connectivity index (χ2v) is 3.96. The fraction of sp³-hybridized carbons (Fsp3) is 0.182. The van der Waals surface area contributed by atoms with Gasteiger partial charge in [-0.1, -0.05) is 12.2 Å². The molecule has 0 amide bonds. The fourth-order valence-electron chi connectivity index (χ4n) is 1.52. The third-order valence-corrected chi connectivity index (χ3v) is 2.72. The first-order valence-electron chi connectivity index (χ1n) is 4.87. The molecule has 0 radical (unpaired) electrons. The van der Waals surface area contributed by atoms with Crippen molar-refractivity contribution in [1.82, 2.24) is 14.5 Å². The molecule has 0 aliphatic carbocycles. The van der Waals surface area contributed by atoms with Gasteiger partial charge < -0.3 is 10.3 Å². The Morgan fingerprint density at radius 1 is 1.38 bits per heavy atom. The summed E-state index contributed by atoms with van der Waals surface area (Å²) >= 11 is 4.98. The zero-order chi connectivity index (χ0) is 11.7. The van der Waals surface area contributed by atoms with Crippen LogP contribution in [0.15, 0.2) is 24.7 Å². The fourth-order valence-corrected chi connectivity index (χ4v) is 1.68. The number of imidazole rings is 1. The molecule has 0 bridgehead atoms. The highest BCUT2D eigenvalue weighted by atomic mass is 32.1. The van der Waals surface area contributed by atoms with Crippen molar-refractivity contribution in [2.45, 2.75) is 13.8 Å². The van der Waals surface area contributed by atoms with E-state index in [-0.39, 0.29) is 0 Å². The Balaban J connectivity index is 2.64. The number of rotatable bonds is 2. The van der Waals surface area contributed by atoms with Crippen molar-refractivity contribution < 1.29 is 0 Å². The molecule has 0 aromatic carbocycles. The van der Waals surface area contributed by atoms with Crippen molar-refractivity contribution in [2.24, 2.45) is 5.73 Å². The highest BCUT2D eigenvalue weighted by molar-refractivity contribution is 7.80. The Hall–Kier alpha value is -1.75. The van der Waals surface area contributed by atoms with Gasteiger partial charge >= 0.3 is 0 Å². The van der Waals surface area contributed by atoms with Gasteiger partial charge in [0.05, 0.1) is 17.7 Å². The van der Waals surface area contributed by atoms with Crippen molar-refractivity contribution >= 4 is 17.2 Å². The van der Waals surface area contributed by atoms with Crippen LogP contribution in [0, 0.1) is 13.8 Å². The number of nitrogens with two attached hydrogens (primary N) is 1. The molecule has 82 valence electrons. The summed E-state index contributed by atoms with van der Waals surface area (Å²) in [7, 11) is 0. The third kappa shape index (κ3) is 1.69. The zero-order valence-corrected chi connectivity index (χ0v) is 9.95. The van der Waals surface area contributed by atoms with Gasteiger partial charge in [0, 0.05) is 11.9 Å². The van der Waals surface area contributed by atoms with E-state index in [4.69, 9.17) is 18.0 Å². The summed E-state index contributed by atoms with van der Waals surface area (Å²) in [6.45, 7) is 3.96. The Bertz CT molecular complexity index is 545. The van der Waals surface area contributed by atoms with Crippen LogP contribution in [-0.4, -0.2) is 19.5 Å². The smallest absolute Gasteiger partial charge is 0.124 e. The molecule has 2 rings (SSSR count). The molecule has 0 fully saturated rings. The van der Waals surface area contributed by atoms with Gasteiger partial charge in [-0.05, 0) is 26.0 Å². The van der Waals surface area contributed by atoms with E-state index in [1.54, 1.807) is 12.5 Å². The maximum Gasteiger partial charge on any atom is 0.124 e. The van der Waals surface area contributed by atoms with Crippen LogP contribution >= 0.6 is 12.2 Å². The number of hydrogen-bond donors (Lipinski definition) is 1. The van der Waals surface area contributed by atoms with Crippen molar-refractivity contribution in [1.29, 1.82) is 0 Å². The quantitative estimate of drug-likeness (QED) is 0.798. The summed E-state index contributed by atoms with van der Waals surface area (Å²) in [5.74, 6) is 0. The minimum absolute atomic E-state index is 0.293. The van der Waals surface area contributed by atoms with E-state index in [1.165, 1.54) is 0 Å². The van der Waals surface area contributed by atoms with Gasteiger partial charge in [-0.25, -0.2) is 4.98 Å². The lowest BCUT2D eigenvalue weighted by molar-refractivity contribution is 0.983. The molecule has 0 saturated heterocycles. The van der Waals surface area contributed by atoms with Crippen molar-refractivity contribution in [3.05, 3.63) is 41.7 Å². The summed E-state index contributed by atoms with van der Waals surface area (Å²) in [4.78, 5) is 8.73. The van der Waals surface area contributed by atoms with Crippen LogP contribution in [-0.2, 0) is 0 Å². The number of hydrogen-bond acceptors (Lipinski definition) is 3. The first kappa shape index (κ1) is 10.8. The molecular weight excluding hydrogens is 220 g/mol. The van der Waals surface area contributed by atoms with Crippen LogP contribution < -0.4 is 5.73 Å². The largest absolute Gasteiger partial charge is 0.388 e. The first-order valence-corrected chi connectivity index (χ1v) is 5.28. The van der Waals surface area contributed by atoms with Crippen LogP contribution in [0.1, 0.15) is 17.1 Å². The summed E-state index contributed by atoms with van der Waals surface area (Å²) in [6.07, 6.45) is 3.43. The molecule has 5 heteroatoms. The van der Waals surface area contributed by atoms with Gasteiger partial charge in [-0.15, -0.1) is 0 Å². The molecule has 0 saturated carbocycles. The second-order valence-electron chi connectivity index (χ2n) is 3.52. The topological polar surface area (TPSA) is 56.7 Å². The molecule has 0 spiro atoms. The van der Waals surface area contributed by atoms with Gasteiger partial charge in [-0.3, -0.25) is 4.98 Å². The second kappa shape index (κ2) is 4.02. The highest BCUT2D eigenvalue weighted by Crippen LogP contribution is 2.16. The monoisotopic (exact) mass is 232 g/mol. The maximum atomic E-state index is 5.64. The van der Waals surface area contributed by atoms with E-state index in [0.29, 0.717) is 10.7 Å². The average Bonchev–Trinajstić information content (AvgIpc) is 2.60. The van der Waals surface area contributed by atoms with E-state index in [9.17, 15) is 0 Å². The summed E-state index contributed by atoms with van der Waals surface area (Å²) in [5.41, 5.74) is 9.18. The Kier molecular flexibility index (Phi) is 2.70. The predicted molar refractivity (Wildman–Crippen MR) is 66.7 cm³/mol. The Morgan fingerprint density at radius 3 is 2.69 bits per heavy atom.